The molecule has 0 saturated heterocycles. The number of carbonyl (C=O) groups is 1. The van der Waals surface area contributed by atoms with Gasteiger partial charge in [0, 0.05) is 22.6 Å². The van der Waals surface area contributed by atoms with Gasteiger partial charge in [-0.2, -0.15) is 0 Å². The monoisotopic (exact) mass is 350 g/mol. The molecule has 1 aromatic carbocycles. The van der Waals surface area contributed by atoms with E-state index in [1.165, 1.54) is 0 Å². The minimum atomic E-state index is -0.499. The average molecular weight is 351 g/mol. The number of aliphatic hydroxyl groups is 1. The lowest BCUT2D eigenvalue weighted by molar-refractivity contribution is -0.116. The highest BCUT2D eigenvalue weighted by Crippen LogP contribution is 2.21. The lowest BCUT2D eigenvalue weighted by Crippen LogP contribution is -2.17. The largest absolute Gasteiger partial charge is 0.388 e. The Morgan fingerprint density at radius 1 is 1.29 bits per heavy atom. The SMILES string of the molecule is CC(C)C(O)c1ccn(CC(=O)Nc2ccc(Br)cc2)c1. The van der Waals surface area contributed by atoms with Crippen LogP contribution in [0, 0.1) is 5.92 Å². The Bertz CT molecular complexity index is 605. The number of aliphatic hydroxyl groups excluding tert-OH is 1. The molecule has 21 heavy (non-hydrogen) atoms. The molecule has 2 aromatic rings. The quantitative estimate of drug-likeness (QED) is 0.865. The molecule has 0 bridgehead atoms. The van der Waals surface area contributed by atoms with Gasteiger partial charge in [-0.05, 0) is 41.8 Å². The van der Waals surface area contributed by atoms with Gasteiger partial charge in [0.2, 0.25) is 5.91 Å². The van der Waals surface area contributed by atoms with E-state index in [0.717, 1.165) is 15.7 Å². The number of aromatic nitrogens is 1. The van der Waals surface area contributed by atoms with E-state index in [1.54, 1.807) is 4.57 Å². The highest BCUT2D eigenvalue weighted by molar-refractivity contribution is 9.10. The molecule has 2 N–H and O–H groups in total. The summed E-state index contributed by atoms with van der Waals surface area (Å²) in [7, 11) is 0. The molecular formula is C16H19BrN2O2. The predicted molar refractivity (Wildman–Crippen MR) is 87.0 cm³/mol. The maximum absolute atomic E-state index is 12.0. The van der Waals surface area contributed by atoms with Crippen molar-refractivity contribution in [3.63, 3.8) is 0 Å². The molecule has 5 heteroatoms. The van der Waals surface area contributed by atoms with E-state index in [1.807, 2.05) is 56.6 Å². The van der Waals surface area contributed by atoms with E-state index in [9.17, 15) is 9.90 Å². The Kier molecular flexibility index (Phi) is 5.20. The van der Waals surface area contributed by atoms with Crippen LogP contribution in [0.1, 0.15) is 25.5 Å². The molecule has 1 atom stereocenters. The van der Waals surface area contributed by atoms with Crippen LogP contribution in [0.5, 0.6) is 0 Å². The molecule has 0 radical (unpaired) electrons. The summed E-state index contributed by atoms with van der Waals surface area (Å²) in [6.45, 7) is 4.14. The highest BCUT2D eigenvalue weighted by atomic mass is 79.9. The molecule has 1 heterocycles. The van der Waals surface area contributed by atoms with Gasteiger partial charge in [-0.15, -0.1) is 0 Å². The second kappa shape index (κ2) is 6.91. The summed E-state index contributed by atoms with van der Waals surface area (Å²) in [5.41, 5.74) is 1.60. The fourth-order valence-electron chi connectivity index (χ4n) is 2.02. The zero-order valence-electron chi connectivity index (χ0n) is 12.1. The summed E-state index contributed by atoms with van der Waals surface area (Å²) in [5, 5.41) is 12.8. The second-order valence-electron chi connectivity index (χ2n) is 5.36. The van der Waals surface area contributed by atoms with Gasteiger partial charge in [0.1, 0.15) is 6.54 Å². The molecule has 1 aromatic heterocycles. The van der Waals surface area contributed by atoms with Crippen LogP contribution in [-0.2, 0) is 11.3 Å². The standard InChI is InChI=1S/C16H19BrN2O2/c1-11(2)16(21)12-7-8-19(9-12)10-15(20)18-14-5-3-13(17)4-6-14/h3-9,11,16,21H,10H2,1-2H3,(H,18,20). The van der Waals surface area contributed by atoms with Crippen LogP contribution in [-0.4, -0.2) is 15.6 Å². The van der Waals surface area contributed by atoms with Crippen LogP contribution in [0.15, 0.2) is 47.2 Å². The summed E-state index contributed by atoms with van der Waals surface area (Å²) in [6.07, 6.45) is 3.12. The van der Waals surface area contributed by atoms with Crippen LogP contribution in [0.25, 0.3) is 0 Å². The molecule has 0 aliphatic heterocycles. The third kappa shape index (κ3) is 4.44. The number of halogens is 1. The van der Waals surface area contributed by atoms with E-state index in [-0.39, 0.29) is 18.4 Å². The summed E-state index contributed by atoms with van der Waals surface area (Å²) < 4.78 is 2.74. The summed E-state index contributed by atoms with van der Waals surface area (Å²) in [4.78, 5) is 12.0. The summed E-state index contributed by atoms with van der Waals surface area (Å²) >= 11 is 3.35. The van der Waals surface area contributed by atoms with E-state index < -0.39 is 6.10 Å². The number of nitrogens with one attached hydrogen (secondary N) is 1. The molecule has 4 nitrogen and oxygen atoms in total. The van der Waals surface area contributed by atoms with Gasteiger partial charge in [0.25, 0.3) is 0 Å². The van der Waals surface area contributed by atoms with Gasteiger partial charge in [-0.25, -0.2) is 0 Å². The van der Waals surface area contributed by atoms with Crippen LogP contribution < -0.4 is 5.32 Å². The normalized spacial score (nSPS) is 12.4. The predicted octanol–water partition coefficient (Wildman–Crippen LogP) is 3.58. The van der Waals surface area contributed by atoms with Gasteiger partial charge in [-0.1, -0.05) is 29.8 Å². The molecule has 0 aliphatic rings. The summed E-state index contributed by atoms with van der Waals surface area (Å²) in [6, 6.07) is 9.28. The first kappa shape index (κ1) is 15.8. The van der Waals surface area contributed by atoms with Gasteiger partial charge >= 0.3 is 0 Å². The van der Waals surface area contributed by atoms with Crippen LogP contribution in [0.2, 0.25) is 0 Å². The minimum Gasteiger partial charge on any atom is -0.388 e. The van der Waals surface area contributed by atoms with Crippen molar-refractivity contribution in [1.29, 1.82) is 0 Å². The van der Waals surface area contributed by atoms with Crippen LogP contribution in [0.3, 0.4) is 0 Å². The van der Waals surface area contributed by atoms with Crippen molar-refractivity contribution in [1.82, 2.24) is 4.57 Å². The molecule has 1 unspecified atom stereocenters. The number of hydrogen-bond acceptors (Lipinski definition) is 2. The third-order valence-corrected chi connectivity index (χ3v) is 3.73. The van der Waals surface area contributed by atoms with E-state index in [2.05, 4.69) is 21.2 Å². The molecule has 0 spiro atoms. The molecule has 0 saturated carbocycles. The molecule has 112 valence electrons. The number of anilines is 1. The van der Waals surface area contributed by atoms with E-state index >= 15 is 0 Å². The van der Waals surface area contributed by atoms with Crippen molar-refractivity contribution < 1.29 is 9.90 Å². The minimum absolute atomic E-state index is 0.0986. The molecule has 1 amide bonds. The molecule has 0 fully saturated rings. The average Bonchev–Trinajstić information content (AvgIpc) is 2.88. The first-order valence-corrected chi connectivity index (χ1v) is 7.64. The topological polar surface area (TPSA) is 54.3 Å². The van der Waals surface area contributed by atoms with Crippen LogP contribution in [0.4, 0.5) is 5.69 Å². The maximum Gasteiger partial charge on any atom is 0.244 e. The number of carbonyl (C=O) groups excluding carboxylic acids is 1. The fraction of sp³-hybridized carbons (Fsp3) is 0.312. The van der Waals surface area contributed by atoms with E-state index in [4.69, 9.17) is 0 Å². The Morgan fingerprint density at radius 2 is 1.95 bits per heavy atom. The Labute approximate surface area is 132 Å². The number of amides is 1. The van der Waals surface area contributed by atoms with Crippen molar-refractivity contribution in [2.75, 3.05) is 5.32 Å². The third-order valence-electron chi connectivity index (χ3n) is 3.20. The number of benzene rings is 1. The number of rotatable bonds is 5. The smallest absolute Gasteiger partial charge is 0.244 e. The fourth-order valence-corrected chi connectivity index (χ4v) is 2.28. The van der Waals surface area contributed by atoms with Crippen LogP contribution >= 0.6 is 15.9 Å². The zero-order valence-corrected chi connectivity index (χ0v) is 13.7. The van der Waals surface area contributed by atoms with E-state index in [0.29, 0.717) is 0 Å². The molecular weight excluding hydrogens is 332 g/mol. The lowest BCUT2D eigenvalue weighted by atomic mass is 10.0. The first-order chi connectivity index (χ1) is 9.95. The number of nitrogens with zero attached hydrogens (tertiary/aromatic N) is 1. The molecule has 2 rings (SSSR count). The summed E-state index contributed by atoms with van der Waals surface area (Å²) in [5.74, 6) is 0.0518. The lowest BCUT2D eigenvalue weighted by Gasteiger charge is -2.12. The van der Waals surface area contributed by atoms with Gasteiger partial charge in [-0.3, -0.25) is 4.79 Å². The van der Waals surface area contributed by atoms with Crippen molar-refractivity contribution in [2.24, 2.45) is 5.92 Å². The molecule has 0 aliphatic carbocycles. The van der Waals surface area contributed by atoms with Crippen molar-refractivity contribution in [3.8, 4) is 0 Å². The van der Waals surface area contributed by atoms with Gasteiger partial charge < -0.3 is 15.0 Å². The zero-order chi connectivity index (χ0) is 15.4. The Morgan fingerprint density at radius 3 is 2.57 bits per heavy atom. The Hall–Kier alpha value is -1.59. The van der Waals surface area contributed by atoms with Gasteiger partial charge in [0.15, 0.2) is 0 Å². The first-order valence-electron chi connectivity index (χ1n) is 6.85. The van der Waals surface area contributed by atoms with Crippen molar-refractivity contribution >= 4 is 27.5 Å². The van der Waals surface area contributed by atoms with Crippen molar-refractivity contribution in [3.05, 3.63) is 52.8 Å². The van der Waals surface area contributed by atoms with Gasteiger partial charge in [0.05, 0.1) is 6.10 Å². The second-order valence-corrected chi connectivity index (χ2v) is 6.28. The maximum atomic E-state index is 12.0. The highest BCUT2D eigenvalue weighted by Gasteiger charge is 2.13. The number of hydrogen-bond donors (Lipinski definition) is 2. The van der Waals surface area contributed by atoms with Crippen molar-refractivity contribution in [2.45, 2.75) is 26.5 Å². The Balaban J connectivity index is 1.95.